The minimum atomic E-state index is -0.508. The highest BCUT2D eigenvalue weighted by molar-refractivity contribution is 6.30. The number of benzene rings is 2. The van der Waals surface area contributed by atoms with Crippen LogP contribution in [-0.4, -0.2) is 44.6 Å². The quantitative estimate of drug-likeness (QED) is 0.680. The summed E-state index contributed by atoms with van der Waals surface area (Å²) in [6, 6.07) is 17.3. The van der Waals surface area contributed by atoms with Gasteiger partial charge in [0.1, 0.15) is 31.5 Å². The second kappa shape index (κ2) is 10.4. The summed E-state index contributed by atoms with van der Waals surface area (Å²) in [5.74, 6) is 0.871. The van der Waals surface area contributed by atoms with Crippen molar-refractivity contribution in [2.45, 2.75) is 19.1 Å². The Bertz CT molecular complexity index is 606. The van der Waals surface area contributed by atoms with E-state index in [1.54, 1.807) is 0 Å². The second-order valence-corrected chi connectivity index (χ2v) is 6.69. The van der Waals surface area contributed by atoms with Crippen molar-refractivity contribution in [3.63, 3.8) is 0 Å². The fourth-order valence-electron chi connectivity index (χ4n) is 2.51. The monoisotopic (exact) mass is 364 g/mol. The van der Waals surface area contributed by atoms with Crippen LogP contribution in [0.4, 0.5) is 0 Å². The first-order valence-corrected chi connectivity index (χ1v) is 8.96. The molecule has 0 aliphatic heterocycles. The molecule has 2 aromatic carbocycles. The lowest BCUT2D eigenvalue weighted by Gasteiger charge is -2.20. The first-order valence-electron chi connectivity index (χ1n) is 8.59. The maximum atomic E-state index is 10.2. The van der Waals surface area contributed by atoms with Gasteiger partial charge in [0.2, 0.25) is 0 Å². The molecule has 5 heteroatoms. The van der Waals surface area contributed by atoms with Crippen molar-refractivity contribution in [1.29, 1.82) is 0 Å². The number of rotatable bonds is 10. The fourth-order valence-corrected chi connectivity index (χ4v) is 2.63. The zero-order valence-corrected chi connectivity index (χ0v) is 15.6. The van der Waals surface area contributed by atoms with Gasteiger partial charge in [0.05, 0.1) is 19.8 Å². The van der Waals surface area contributed by atoms with Gasteiger partial charge in [-0.15, -0.1) is 0 Å². The zero-order chi connectivity index (χ0) is 18.1. The van der Waals surface area contributed by atoms with Gasteiger partial charge >= 0.3 is 0 Å². The van der Waals surface area contributed by atoms with Gasteiger partial charge in [-0.25, -0.2) is 0 Å². The van der Waals surface area contributed by atoms with Gasteiger partial charge in [-0.2, -0.15) is 0 Å². The Kier molecular flexibility index (Phi) is 8.22. The molecule has 0 bridgehead atoms. The van der Waals surface area contributed by atoms with E-state index in [-0.39, 0.29) is 6.10 Å². The fraction of sp³-hybridized carbons (Fsp3) is 0.400. The largest absolute Gasteiger partial charge is 0.488 e. The van der Waals surface area contributed by atoms with Gasteiger partial charge in [-0.3, -0.25) is 0 Å². The molecule has 2 N–H and O–H groups in total. The van der Waals surface area contributed by atoms with Crippen molar-refractivity contribution in [3.05, 3.63) is 65.2 Å². The molecule has 0 heterocycles. The van der Waals surface area contributed by atoms with E-state index in [1.165, 1.54) is 4.90 Å². The lowest BCUT2D eigenvalue weighted by molar-refractivity contribution is -0.883. The zero-order valence-electron chi connectivity index (χ0n) is 14.8. The molecule has 0 saturated carbocycles. The summed E-state index contributed by atoms with van der Waals surface area (Å²) in [6.45, 7) is 4.33. The maximum Gasteiger partial charge on any atom is 0.137 e. The van der Waals surface area contributed by atoms with Crippen LogP contribution < -0.4 is 9.64 Å². The Labute approximate surface area is 154 Å². The molecule has 0 saturated heterocycles. The molecule has 0 radical (unpaired) electrons. The van der Waals surface area contributed by atoms with Crippen LogP contribution in [0.1, 0.15) is 18.6 Å². The molecule has 0 amide bonds. The number of nitrogens with one attached hydrogen (secondary N) is 1. The number of para-hydroxylation sites is 1. The number of halogens is 1. The van der Waals surface area contributed by atoms with Gasteiger partial charge in [0.15, 0.2) is 0 Å². The topological polar surface area (TPSA) is 43.1 Å². The Hall–Kier alpha value is -1.59. The lowest BCUT2D eigenvalue weighted by atomic mass is 10.1. The number of aliphatic hydroxyl groups excluding tert-OH is 1. The van der Waals surface area contributed by atoms with Gasteiger partial charge in [0.25, 0.3) is 0 Å². The number of likely N-dealkylation sites (N-methyl/N-ethyl adjacent to an activating group) is 1. The van der Waals surface area contributed by atoms with E-state index >= 15 is 0 Å². The molecule has 4 nitrogen and oxygen atoms in total. The third-order valence-electron chi connectivity index (χ3n) is 4.00. The molecule has 2 aromatic rings. The lowest BCUT2D eigenvalue weighted by Crippen LogP contribution is -3.10. The molecule has 0 fully saturated rings. The Morgan fingerprint density at radius 1 is 1.08 bits per heavy atom. The summed E-state index contributed by atoms with van der Waals surface area (Å²) in [7, 11) is 2.04. The highest BCUT2D eigenvalue weighted by Gasteiger charge is 2.14. The molecule has 136 valence electrons. The summed E-state index contributed by atoms with van der Waals surface area (Å²) in [4.78, 5) is 1.20. The van der Waals surface area contributed by atoms with E-state index in [9.17, 15) is 5.11 Å². The number of quaternary nitrogens is 1. The molecular formula is C20H27ClNO3+. The smallest absolute Gasteiger partial charge is 0.137 e. The van der Waals surface area contributed by atoms with Gasteiger partial charge in [-0.05, 0) is 36.8 Å². The highest BCUT2D eigenvalue weighted by Crippen LogP contribution is 2.19. The summed E-state index contributed by atoms with van der Waals surface area (Å²) in [5.41, 5.74) is 1.05. The summed E-state index contributed by atoms with van der Waals surface area (Å²) >= 11 is 5.89. The number of hydrogen-bond donors (Lipinski definition) is 2. The molecule has 1 unspecified atom stereocenters. The van der Waals surface area contributed by atoms with Crippen LogP contribution >= 0.6 is 11.6 Å². The maximum absolute atomic E-state index is 10.2. The van der Waals surface area contributed by atoms with Gasteiger partial charge in [0, 0.05) is 5.02 Å². The van der Waals surface area contributed by atoms with Crippen molar-refractivity contribution < 1.29 is 19.5 Å². The predicted octanol–water partition coefficient (Wildman–Crippen LogP) is 2.37. The third-order valence-corrected chi connectivity index (χ3v) is 4.25. The molecular weight excluding hydrogens is 338 g/mol. The molecule has 0 aliphatic carbocycles. The summed E-state index contributed by atoms with van der Waals surface area (Å²) in [6.07, 6.45) is -0.583. The normalized spacial score (nSPS) is 14.7. The van der Waals surface area contributed by atoms with Crippen LogP contribution in [0.3, 0.4) is 0 Å². The molecule has 0 aliphatic rings. The third kappa shape index (κ3) is 7.45. The standard InChI is InChI=1S/C20H26ClNO3/c1-16(17-8-10-18(21)11-9-17)25-15-19(23)14-22(2)12-13-24-20-6-4-3-5-7-20/h3-11,16,19,23H,12-15H2,1-2H3/p+1/t16-,19-/m1/s1. The van der Waals surface area contributed by atoms with E-state index in [4.69, 9.17) is 21.1 Å². The van der Waals surface area contributed by atoms with Crippen LogP contribution in [0, 0.1) is 0 Å². The first-order chi connectivity index (χ1) is 12.0. The molecule has 25 heavy (non-hydrogen) atoms. The van der Waals surface area contributed by atoms with Crippen LogP contribution in [-0.2, 0) is 4.74 Å². The van der Waals surface area contributed by atoms with E-state index in [0.29, 0.717) is 24.8 Å². The van der Waals surface area contributed by atoms with E-state index in [1.807, 2.05) is 68.6 Å². The number of aliphatic hydroxyl groups is 1. The summed E-state index contributed by atoms with van der Waals surface area (Å²) < 4.78 is 11.4. The van der Waals surface area contributed by atoms with Crippen LogP contribution in [0.15, 0.2) is 54.6 Å². The van der Waals surface area contributed by atoms with Gasteiger partial charge in [-0.1, -0.05) is 41.9 Å². The van der Waals surface area contributed by atoms with E-state index in [2.05, 4.69) is 0 Å². The minimum Gasteiger partial charge on any atom is -0.488 e. The second-order valence-electron chi connectivity index (χ2n) is 6.25. The summed E-state index contributed by atoms with van der Waals surface area (Å²) in [5, 5.41) is 10.9. The first kappa shape index (κ1) is 19.7. The predicted molar refractivity (Wildman–Crippen MR) is 100 cm³/mol. The van der Waals surface area contributed by atoms with Crippen LogP contribution in [0.2, 0.25) is 5.02 Å². The van der Waals surface area contributed by atoms with Crippen molar-refractivity contribution in [1.82, 2.24) is 0 Å². The van der Waals surface area contributed by atoms with E-state index in [0.717, 1.165) is 17.9 Å². The Morgan fingerprint density at radius 2 is 1.76 bits per heavy atom. The van der Waals surface area contributed by atoms with Crippen molar-refractivity contribution >= 4 is 11.6 Å². The molecule has 0 aromatic heterocycles. The van der Waals surface area contributed by atoms with E-state index < -0.39 is 6.10 Å². The van der Waals surface area contributed by atoms with Crippen LogP contribution in [0.5, 0.6) is 5.75 Å². The molecule has 3 atom stereocenters. The SMILES string of the molecule is C[C@@H](OC[C@H](O)C[NH+](C)CCOc1ccccc1)c1ccc(Cl)cc1. The van der Waals surface area contributed by atoms with Crippen LogP contribution in [0.25, 0.3) is 0 Å². The van der Waals surface area contributed by atoms with Crippen molar-refractivity contribution in [3.8, 4) is 5.75 Å². The van der Waals surface area contributed by atoms with Gasteiger partial charge < -0.3 is 19.5 Å². The molecule has 0 spiro atoms. The average molecular weight is 365 g/mol. The molecule has 2 rings (SSSR count). The highest BCUT2D eigenvalue weighted by atomic mass is 35.5. The van der Waals surface area contributed by atoms with Crippen molar-refractivity contribution in [2.75, 3.05) is 33.4 Å². The Morgan fingerprint density at radius 3 is 2.44 bits per heavy atom. The van der Waals surface area contributed by atoms with Crippen molar-refractivity contribution in [2.24, 2.45) is 0 Å². The number of ether oxygens (including phenoxy) is 2. The number of hydrogen-bond acceptors (Lipinski definition) is 3. The Balaban J connectivity index is 1.63. The minimum absolute atomic E-state index is 0.0753. The average Bonchev–Trinajstić information content (AvgIpc) is 2.61.